The molecule has 0 aromatic carbocycles. The van der Waals surface area contributed by atoms with Crippen LogP contribution < -0.4 is 0 Å². The summed E-state index contributed by atoms with van der Waals surface area (Å²) in [5, 5.41) is 0. The Labute approximate surface area is 154 Å². The Morgan fingerprint density at radius 1 is 0.769 bits per heavy atom. The first-order valence-corrected chi connectivity index (χ1v) is 9.92. The molecule has 6 atom stereocenters. The molecule has 142 valence electrons. The topological polar surface area (TPSA) is 74.8 Å². The number of ketones is 2. The summed E-state index contributed by atoms with van der Waals surface area (Å²) in [4.78, 5) is 52.7. The maximum Gasteiger partial charge on any atom is 0.234 e. The van der Waals surface area contributed by atoms with Crippen molar-refractivity contribution < 1.29 is 19.2 Å². The summed E-state index contributed by atoms with van der Waals surface area (Å²) in [5.41, 5.74) is 0. The Morgan fingerprint density at radius 3 is 1.96 bits per heavy atom. The first-order chi connectivity index (χ1) is 12.4. The number of Topliss-reactive ketones (excluding diaryl/α,β-unsaturated/α-hetero) is 2. The van der Waals surface area contributed by atoms with Crippen LogP contribution in [0.3, 0.4) is 0 Å². The maximum atomic E-state index is 12.8. The first kappa shape index (κ1) is 17.8. The van der Waals surface area contributed by atoms with Crippen LogP contribution in [0, 0.1) is 35.5 Å². The SMILES string of the molecule is CN(C)CN1C(=O)C2CCC(C3CCC4C(=O)CC(=O)C4C3)CC2C1=O. The molecule has 3 saturated carbocycles. The fraction of sp³-hybridized carbons (Fsp3) is 0.800. The summed E-state index contributed by atoms with van der Waals surface area (Å²) in [7, 11) is 3.73. The number of nitrogens with zero attached hydrogens (tertiary/aromatic N) is 2. The average molecular weight is 360 g/mol. The number of rotatable bonds is 3. The van der Waals surface area contributed by atoms with Crippen LogP contribution in [0.15, 0.2) is 0 Å². The number of carbonyl (C=O) groups excluding carboxylic acids is 4. The minimum absolute atomic E-state index is 0.00701. The Morgan fingerprint density at radius 2 is 1.31 bits per heavy atom. The van der Waals surface area contributed by atoms with E-state index in [9.17, 15) is 19.2 Å². The molecule has 6 heteroatoms. The lowest BCUT2D eigenvalue weighted by Crippen LogP contribution is -2.38. The largest absolute Gasteiger partial charge is 0.299 e. The van der Waals surface area contributed by atoms with Gasteiger partial charge in [-0.15, -0.1) is 0 Å². The molecule has 0 spiro atoms. The van der Waals surface area contributed by atoms with Gasteiger partial charge in [0.25, 0.3) is 0 Å². The molecule has 0 aromatic rings. The van der Waals surface area contributed by atoms with Crippen molar-refractivity contribution >= 4 is 23.4 Å². The van der Waals surface area contributed by atoms with Crippen molar-refractivity contribution in [2.24, 2.45) is 35.5 Å². The van der Waals surface area contributed by atoms with Crippen molar-refractivity contribution in [3.05, 3.63) is 0 Å². The van der Waals surface area contributed by atoms with Gasteiger partial charge in [-0.25, -0.2) is 0 Å². The van der Waals surface area contributed by atoms with Gasteiger partial charge >= 0.3 is 0 Å². The van der Waals surface area contributed by atoms with E-state index in [1.54, 1.807) is 0 Å². The fourth-order valence-electron chi connectivity index (χ4n) is 5.94. The molecule has 6 nitrogen and oxygen atoms in total. The van der Waals surface area contributed by atoms with E-state index in [1.165, 1.54) is 4.90 Å². The van der Waals surface area contributed by atoms with Gasteiger partial charge in [-0.3, -0.25) is 29.0 Å². The Bertz CT molecular complexity index is 658. The molecule has 0 aromatic heterocycles. The lowest BCUT2D eigenvalue weighted by Gasteiger charge is -2.39. The normalized spacial score (nSPS) is 40.3. The molecule has 1 heterocycles. The lowest BCUT2D eigenvalue weighted by atomic mass is 9.64. The highest BCUT2D eigenvalue weighted by Crippen LogP contribution is 2.49. The number of imide groups is 1. The molecule has 6 unspecified atom stereocenters. The van der Waals surface area contributed by atoms with Crippen molar-refractivity contribution in [2.45, 2.75) is 44.9 Å². The van der Waals surface area contributed by atoms with Gasteiger partial charge in [0, 0.05) is 11.8 Å². The molecule has 2 amide bonds. The summed E-state index contributed by atoms with van der Waals surface area (Å²) >= 11 is 0. The molecule has 26 heavy (non-hydrogen) atoms. The van der Waals surface area contributed by atoms with Gasteiger partial charge in [0.2, 0.25) is 11.8 Å². The molecule has 0 bridgehead atoms. The van der Waals surface area contributed by atoms with Crippen LogP contribution in [0.25, 0.3) is 0 Å². The van der Waals surface area contributed by atoms with Crippen LogP contribution in [-0.4, -0.2) is 53.9 Å². The van der Waals surface area contributed by atoms with Gasteiger partial charge in [-0.1, -0.05) is 0 Å². The van der Waals surface area contributed by atoms with Crippen LogP contribution in [0.1, 0.15) is 44.9 Å². The van der Waals surface area contributed by atoms with Crippen LogP contribution in [0.5, 0.6) is 0 Å². The average Bonchev–Trinajstić information content (AvgIpc) is 3.03. The predicted octanol–water partition coefficient (Wildman–Crippen LogP) is 1.48. The standard InChI is InChI=1S/C20H28N2O4/c1-21(2)10-22-19(25)14-6-4-12(8-16(14)20(22)26)11-3-5-13-15(7-11)18(24)9-17(13)23/h11-16H,3-10H2,1-2H3. The van der Waals surface area contributed by atoms with E-state index in [1.807, 2.05) is 19.0 Å². The molecule has 4 rings (SSSR count). The van der Waals surface area contributed by atoms with E-state index in [4.69, 9.17) is 0 Å². The van der Waals surface area contributed by atoms with E-state index in [2.05, 4.69) is 0 Å². The van der Waals surface area contributed by atoms with E-state index in [0.717, 1.165) is 38.5 Å². The predicted molar refractivity (Wildman–Crippen MR) is 93.7 cm³/mol. The van der Waals surface area contributed by atoms with Gasteiger partial charge < -0.3 is 0 Å². The van der Waals surface area contributed by atoms with Crippen LogP contribution >= 0.6 is 0 Å². The van der Waals surface area contributed by atoms with Crippen LogP contribution in [0.4, 0.5) is 0 Å². The summed E-state index contributed by atoms with van der Waals surface area (Å²) in [5.74, 6) is 0.608. The summed E-state index contributed by atoms with van der Waals surface area (Å²) in [6.45, 7) is 0.360. The summed E-state index contributed by atoms with van der Waals surface area (Å²) in [6, 6.07) is 0. The lowest BCUT2D eigenvalue weighted by molar-refractivity contribution is -0.142. The minimum atomic E-state index is -0.181. The molecule has 4 aliphatic rings. The van der Waals surface area contributed by atoms with E-state index >= 15 is 0 Å². The number of hydrogen-bond donors (Lipinski definition) is 0. The number of hydrogen-bond acceptors (Lipinski definition) is 5. The molecule has 4 fully saturated rings. The molecular formula is C20H28N2O4. The number of fused-ring (bicyclic) bond motifs is 2. The summed E-state index contributed by atoms with van der Waals surface area (Å²) < 4.78 is 0. The Hall–Kier alpha value is -1.56. The zero-order chi connectivity index (χ0) is 18.6. The van der Waals surface area contributed by atoms with Crippen LogP contribution in [0.2, 0.25) is 0 Å². The van der Waals surface area contributed by atoms with Crippen LogP contribution in [-0.2, 0) is 19.2 Å². The van der Waals surface area contributed by atoms with Crippen molar-refractivity contribution in [1.82, 2.24) is 9.80 Å². The second kappa shape index (κ2) is 6.55. The van der Waals surface area contributed by atoms with E-state index in [0.29, 0.717) is 18.5 Å². The minimum Gasteiger partial charge on any atom is -0.299 e. The quantitative estimate of drug-likeness (QED) is 0.563. The highest BCUT2D eigenvalue weighted by atomic mass is 16.2. The third kappa shape index (κ3) is 2.82. The second-order valence-electron chi connectivity index (χ2n) is 9.01. The smallest absolute Gasteiger partial charge is 0.234 e. The molecule has 1 saturated heterocycles. The van der Waals surface area contributed by atoms with Gasteiger partial charge in [-0.05, 0) is 64.5 Å². The van der Waals surface area contributed by atoms with Crippen molar-refractivity contribution in [2.75, 3.05) is 20.8 Å². The number of amides is 2. The monoisotopic (exact) mass is 360 g/mol. The molecular weight excluding hydrogens is 332 g/mol. The Kier molecular flexibility index (Phi) is 4.49. The third-order valence-electron chi connectivity index (χ3n) is 7.21. The highest BCUT2D eigenvalue weighted by molar-refractivity contribution is 6.08. The third-order valence-corrected chi connectivity index (χ3v) is 7.21. The maximum absolute atomic E-state index is 12.8. The number of likely N-dealkylation sites (tertiary alicyclic amines) is 1. The van der Waals surface area contributed by atoms with Gasteiger partial charge in [-0.2, -0.15) is 0 Å². The van der Waals surface area contributed by atoms with Crippen molar-refractivity contribution in [1.29, 1.82) is 0 Å². The fourth-order valence-corrected chi connectivity index (χ4v) is 5.94. The van der Waals surface area contributed by atoms with Gasteiger partial charge in [0.15, 0.2) is 0 Å². The van der Waals surface area contributed by atoms with Gasteiger partial charge in [0.05, 0.1) is 24.9 Å². The number of carbonyl (C=O) groups is 4. The molecule has 0 radical (unpaired) electrons. The van der Waals surface area contributed by atoms with Crippen molar-refractivity contribution in [3.8, 4) is 0 Å². The highest BCUT2D eigenvalue weighted by Gasteiger charge is 2.52. The van der Waals surface area contributed by atoms with Crippen molar-refractivity contribution in [3.63, 3.8) is 0 Å². The Balaban J connectivity index is 1.44. The zero-order valence-corrected chi connectivity index (χ0v) is 15.6. The summed E-state index contributed by atoms with van der Waals surface area (Å²) in [6.07, 6.45) is 5.24. The zero-order valence-electron chi connectivity index (χ0n) is 15.6. The molecule has 1 aliphatic heterocycles. The van der Waals surface area contributed by atoms with Gasteiger partial charge in [0.1, 0.15) is 11.6 Å². The second-order valence-corrected chi connectivity index (χ2v) is 9.01. The molecule has 3 aliphatic carbocycles. The molecule has 0 N–H and O–H groups in total. The van der Waals surface area contributed by atoms with E-state index < -0.39 is 0 Å². The van der Waals surface area contributed by atoms with E-state index in [-0.39, 0.29) is 53.5 Å². The first-order valence-electron chi connectivity index (χ1n) is 9.92.